The summed E-state index contributed by atoms with van der Waals surface area (Å²) >= 11 is 6.43. The summed E-state index contributed by atoms with van der Waals surface area (Å²) in [6.45, 7) is 1.31. The molecular weight excluding hydrogens is 628 g/mol. The van der Waals surface area contributed by atoms with Gasteiger partial charge in [-0.15, -0.1) is 24.5 Å². The molecule has 0 spiro atoms. The molecule has 0 unspecified atom stereocenters. The first kappa shape index (κ1) is 27.6. The molecular formula is C17H11Br2F6N5O3S. The Morgan fingerprint density at radius 2 is 1.74 bits per heavy atom. The monoisotopic (exact) mass is 637 g/mol. The number of alkyl halides is 6. The molecule has 0 saturated carbocycles. The Hall–Kier alpha value is -2.66. The van der Waals surface area contributed by atoms with Crippen molar-refractivity contribution in [3.63, 3.8) is 0 Å². The summed E-state index contributed by atoms with van der Waals surface area (Å²) in [5.41, 5.74) is 3.71. The molecule has 8 nitrogen and oxygen atoms in total. The second kappa shape index (κ2) is 10.7. The molecule has 0 saturated heterocycles. The van der Waals surface area contributed by atoms with E-state index in [-0.39, 0.29) is 25.3 Å². The number of primary amides is 1. The molecule has 0 aliphatic heterocycles. The van der Waals surface area contributed by atoms with Crippen LogP contribution in [-0.4, -0.2) is 33.4 Å². The standard InChI is InChI=1S/C13H6Br2F6N2O2S.C4H5N3O/c1-4-22-10(12(16,17)18)9(26-4)11(24)23-8-6(14)2-5(3-7(8)15)25-13(19,20)21;5-4(8)3-1-2-6-7-3/h2-3H,1H3,(H,23,24);1-2H,(H2,5,8)(H,6,7). The molecule has 0 bridgehead atoms. The Kier molecular flexibility index (Phi) is 8.70. The molecule has 0 radical (unpaired) electrons. The average Bonchev–Trinajstić information content (AvgIpc) is 3.33. The summed E-state index contributed by atoms with van der Waals surface area (Å²) in [5, 5.41) is 8.22. The van der Waals surface area contributed by atoms with Crippen LogP contribution in [0.2, 0.25) is 0 Å². The van der Waals surface area contributed by atoms with Crippen molar-refractivity contribution in [2.24, 2.45) is 5.73 Å². The van der Waals surface area contributed by atoms with Gasteiger partial charge in [0.05, 0.1) is 10.7 Å². The van der Waals surface area contributed by atoms with Crippen molar-refractivity contribution in [1.29, 1.82) is 0 Å². The van der Waals surface area contributed by atoms with Crippen molar-refractivity contribution in [3.05, 3.63) is 54.6 Å². The van der Waals surface area contributed by atoms with Crippen LogP contribution in [0.25, 0.3) is 0 Å². The lowest BCUT2D eigenvalue weighted by Crippen LogP contribution is -2.18. The minimum Gasteiger partial charge on any atom is -0.406 e. The van der Waals surface area contributed by atoms with Gasteiger partial charge in [0.15, 0.2) is 5.69 Å². The highest BCUT2D eigenvalue weighted by Crippen LogP contribution is 2.39. The number of aromatic nitrogens is 3. The molecule has 4 N–H and O–H groups in total. The fourth-order valence-corrected chi connectivity index (χ4v) is 4.38. The zero-order valence-corrected chi connectivity index (χ0v) is 20.4. The van der Waals surface area contributed by atoms with E-state index in [0.29, 0.717) is 11.3 Å². The van der Waals surface area contributed by atoms with Crippen LogP contribution in [0.4, 0.5) is 32.0 Å². The number of halogens is 8. The molecule has 2 amide bonds. The summed E-state index contributed by atoms with van der Waals surface area (Å²) in [6.07, 6.45) is -8.21. The third kappa shape index (κ3) is 7.69. The van der Waals surface area contributed by atoms with Crippen LogP contribution in [-0.2, 0) is 6.18 Å². The van der Waals surface area contributed by atoms with E-state index >= 15 is 0 Å². The number of anilines is 1. The molecule has 3 rings (SSSR count). The molecule has 184 valence electrons. The Morgan fingerprint density at radius 3 is 2.15 bits per heavy atom. The van der Waals surface area contributed by atoms with Crippen molar-refractivity contribution in [2.45, 2.75) is 19.5 Å². The third-order valence-electron chi connectivity index (χ3n) is 3.45. The minimum absolute atomic E-state index is 0.0331. The molecule has 0 fully saturated rings. The van der Waals surface area contributed by atoms with E-state index in [9.17, 15) is 35.9 Å². The van der Waals surface area contributed by atoms with Crippen molar-refractivity contribution in [1.82, 2.24) is 15.2 Å². The molecule has 0 atom stereocenters. The summed E-state index contributed by atoms with van der Waals surface area (Å²) in [5.74, 6) is -2.20. The number of amides is 2. The largest absolute Gasteiger partial charge is 0.573 e. The van der Waals surface area contributed by atoms with Crippen LogP contribution < -0.4 is 15.8 Å². The number of carbonyl (C=O) groups excluding carboxylic acids is 2. The van der Waals surface area contributed by atoms with Crippen molar-refractivity contribution >= 4 is 60.7 Å². The van der Waals surface area contributed by atoms with Gasteiger partial charge in [0.1, 0.15) is 16.3 Å². The predicted octanol–water partition coefficient (Wildman–Crippen LogP) is 5.65. The van der Waals surface area contributed by atoms with Crippen LogP contribution in [0.3, 0.4) is 0 Å². The van der Waals surface area contributed by atoms with Gasteiger partial charge in [-0.1, -0.05) is 0 Å². The molecule has 2 aromatic heterocycles. The zero-order chi connectivity index (χ0) is 25.8. The van der Waals surface area contributed by atoms with E-state index < -0.39 is 40.7 Å². The smallest absolute Gasteiger partial charge is 0.406 e. The lowest BCUT2D eigenvalue weighted by atomic mass is 10.2. The number of hydrogen-bond donors (Lipinski definition) is 3. The van der Waals surface area contributed by atoms with Crippen LogP contribution >= 0.6 is 43.2 Å². The highest BCUT2D eigenvalue weighted by molar-refractivity contribution is 9.11. The second-order valence-corrected chi connectivity index (χ2v) is 8.91. The minimum atomic E-state index is -4.93. The fourth-order valence-electron chi connectivity index (χ4n) is 2.20. The highest BCUT2D eigenvalue weighted by Gasteiger charge is 2.39. The van der Waals surface area contributed by atoms with Crippen LogP contribution in [0, 0.1) is 6.92 Å². The number of rotatable bonds is 4. The number of nitrogens with one attached hydrogen (secondary N) is 2. The van der Waals surface area contributed by atoms with Gasteiger partial charge in [0, 0.05) is 15.1 Å². The number of nitrogens with zero attached hydrogens (tertiary/aromatic N) is 2. The van der Waals surface area contributed by atoms with E-state index in [1.54, 1.807) is 6.20 Å². The van der Waals surface area contributed by atoms with Gasteiger partial charge < -0.3 is 15.8 Å². The number of hydrogen-bond acceptors (Lipinski definition) is 6. The van der Waals surface area contributed by atoms with Gasteiger partial charge >= 0.3 is 12.5 Å². The second-order valence-electron chi connectivity index (χ2n) is 6.00. The number of nitrogens with two attached hydrogens (primary N) is 1. The SMILES string of the molecule is Cc1nc(C(F)(F)F)c(C(=O)Nc2c(Br)cc(OC(F)(F)F)cc2Br)s1.NC(=O)c1cc[nH]n1. The number of carbonyl (C=O) groups is 2. The summed E-state index contributed by atoms with van der Waals surface area (Å²) < 4.78 is 79.3. The first-order valence-electron chi connectivity index (χ1n) is 8.49. The molecule has 0 aliphatic rings. The molecule has 3 aromatic rings. The summed E-state index contributed by atoms with van der Waals surface area (Å²) in [4.78, 5) is 25.1. The number of aromatic amines is 1. The molecule has 17 heteroatoms. The summed E-state index contributed by atoms with van der Waals surface area (Å²) in [6, 6.07) is 3.34. The van der Waals surface area contributed by atoms with Crippen molar-refractivity contribution < 1.29 is 40.7 Å². The van der Waals surface area contributed by atoms with Gasteiger partial charge in [-0.2, -0.15) is 18.3 Å². The number of H-pyrrole nitrogens is 1. The Balaban J connectivity index is 0.000000430. The molecule has 1 aromatic carbocycles. The van der Waals surface area contributed by atoms with E-state index in [2.05, 4.69) is 57.1 Å². The molecule has 34 heavy (non-hydrogen) atoms. The Labute approximate surface area is 207 Å². The summed E-state index contributed by atoms with van der Waals surface area (Å²) in [7, 11) is 0. The third-order valence-corrected chi connectivity index (χ3v) is 5.67. The van der Waals surface area contributed by atoms with Gasteiger partial charge in [-0.05, 0) is 57.0 Å². The number of thiazole rings is 1. The lowest BCUT2D eigenvalue weighted by Gasteiger charge is -2.14. The normalized spacial score (nSPS) is 11.4. The Bertz CT molecular complexity index is 1160. The first-order chi connectivity index (χ1) is 15.6. The van der Waals surface area contributed by atoms with Crippen LogP contribution in [0.5, 0.6) is 5.75 Å². The van der Waals surface area contributed by atoms with Crippen molar-refractivity contribution in [2.75, 3.05) is 5.32 Å². The van der Waals surface area contributed by atoms with E-state index in [1.165, 1.54) is 13.0 Å². The number of benzene rings is 1. The number of ether oxygens (including phenoxy) is 1. The quantitative estimate of drug-likeness (QED) is 0.319. The van der Waals surface area contributed by atoms with E-state index in [1.807, 2.05) is 0 Å². The van der Waals surface area contributed by atoms with Crippen LogP contribution in [0.1, 0.15) is 30.9 Å². The molecule has 2 heterocycles. The zero-order valence-electron chi connectivity index (χ0n) is 16.4. The van der Waals surface area contributed by atoms with Gasteiger partial charge in [-0.25, -0.2) is 4.98 Å². The predicted molar refractivity (Wildman–Crippen MR) is 115 cm³/mol. The first-order valence-corrected chi connectivity index (χ1v) is 10.9. The molecule has 0 aliphatic carbocycles. The van der Waals surface area contributed by atoms with Gasteiger partial charge in [-0.3, -0.25) is 14.7 Å². The maximum Gasteiger partial charge on any atom is 0.573 e. The topological polar surface area (TPSA) is 123 Å². The van der Waals surface area contributed by atoms with Gasteiger partial charge in [0.2, 0.25) is 0 Å². The lowest BCUT2D eigenvalue weighted by molar-refractivity contribution is -0.274. The highest BCUT2D eigenvalue weighted by atomic mass is 79.9. The average molecular weight is 639 g/mol. The maximum atomic E-state index is 13.0. The van der Waals surface area contributed by atoms with Gasteiger partial charge in [0.25, 0.3) is 11.8 Å². The van der Waals surface area contributed by atoms with Crippen LogP contribution in [0.15, 0.2) is 33.3 Å². The Morgan fingerprint density at radius 1 is 1.15 bits per heavy atom. The van der Waals surface area contributed by atoms with E-state index in [4.69, 9.17) is 5.73 Å². The maximum absolute atomic E-state index is 13.0. The van der Waals surface area contributed by atoms with E-state index in [0.717, 1.165) is 12.1 Å². The van der Waals surface area contributed by atoms with Crippen molar-refractivity contribution in [3.8, 4) is 5.75 Å². The fraction of sp³-hybridized carbons (Fsp3) is 0.176. The number of aryl methyl sites for hydroxylation is 1.